The van der Waals surface area contributed by atoms with E-state index in [0.717, 1.165) is 18.6 Å². The maximum atomic E-state index is 13.5. The predicted octanol–water partition coefficient (Wildman–Crippen LogP) is 2.32. The summed E-state index contributed by atoms with van der Waals surface area (Å²) in [6.07, 6.45) is 0.776. The van der Waals surface area contributed by atoms with Gasteiger partial charge in [0.1, 0.15) is 5.82 Å². The number of anilines is 1. The van der Waals surface area contributed by atoms with Gasteiger partial charge in [0.25, 0.3) is 5.91 Å². The van der Waals surface area contributed by atoms with Gasteiger partial charge in [-0.25, -0.2) is 8.78 Å². The molecule has 0 radical (unpaired) electrons. The minimum absolute atomic E-state index is 0.355. The Kier molecular flexibility index (Phi) is 4.43. The zero-order valence-corrected chi connectivity index (χ0v) is 9.89. The predicted molar refractivity (Wildman–Crippen MR) is 62.6 cm³/mol. The molecule has 5 heteroatoms. The SMILES string of the molecule is CC(C)CCNC(=O)c1cc(F)cc(N)c1F. The lowest BCUT2D eigenvalue weighted by atomic mass is 10.1. The van der Waals surface area contributed by atoms with Crippen LogP contribution < -0.4 is 11.1 Å². The average Bonchev–Trinajstić information content (AvgIpc) is 2.22. The van der Waals surface area contributed by atoms with E-state index in [-0.39, 0.29) is 11.3 Å². The quantitative estimate of drug-likeness (QED) is 0.796. The van der Waals surface area contributed by atoms with Crippen molar-refractivity contribution in [2.45, 2.75) is 20.3 Å². The Bertz CT molecular complexity index is 419. The molecule has 1 aromatic rings. The van der Waals surface area contributed by atoms with Crippen LogP contribution in [-0.4, -0.2) is 12.5 Å². The lowest BCUT2D eigenvalue weighted by molar-refractivity contribution is 0.0947. The molecular formula is C12H16F2N2O. The van der Waals surface area contributed by atoms with Gasteiger partial charge >= 0.3 is 0 Å². The summed E-state index contributed by atoms with van der Waals surface area (Å²) in [5.41, 5.74) is 4.52. The molecule has 0 aliphatic heterocycles. The van der Waals surface area contributed by atoms with Crippen LogP contribution in [0.2, 0.25) is 0 Å². The second-order valence-electron chi connectivity index (χ2n) is 4.29. The fraction of sp³-hybridized carbons (Fsp3) is 0.417. The number of nitrogens with two attached hydrogens (primary N) is 1. The third kappa shape index (κ3) is 3.69. The summed E-state index contributed by atoms with van der Waals surface area (Å²) in [6.45, 7) is 4.44. The molecule has 17 heavy (non-hydrogen) atoms. The largest absolute Gasteiger partial charge is 0.396 e. The Morgan fingerprint density at radius 2 is 2.06 bits per heavy atom. The summed E-state index contributed by atoms with van der Waals surface area (Å²) in [5, 5.41) is 2.52. The highest BCUT2D eigenvalue weighted by atomic mass is 19.1. The van der Waals surface area contributed by atoms with Crippen LogP contribution in [0, 0.1) is 17.6 Å². The molecule has 3 N–H and O–H groups in total. The normalized spacial score (nSPS) is 10.6. The molecular weight excluding hydrogens is 226 g/mol. The van der Waals surface area contributed by atoms with E-state index in [2.05, 4.69) is 5.32 Å². The van der Waals surface area contributed by atoms with Crippen LogP contribution in [0.5, 0.6) is 0 Å². The number of rotatable bonds is 4. The average molecular weight is 242 g/mol. The van der Waals surface area contributed by atoms with Gasteiger partial charge in [0, 0.05) is 6.54 Å². The molecule has 1 rings (SSSR count). The van der Waals surface area contributed by atoms with Crippen LogP contribution in [0.1, 0.15) is 30.6 Å². The molecule has 0 aliphatic rings. The zero-order chi connectivity index (χ0) is 13.0. The van der Waals surface area contributed by atoms with Crippen LogP contribution in [0.15, 0.2) is 12.1 Å². The number of amides is 1. The monoisotopic (exact) mass is 242 g/mol. The van der Waals surface area contributed by atoms with Gasteiger partial charge in [0.15, 0.2) is 5.82 Å². The van der Waals surface area contributed by atoms with Crippen LogP contribution in [0.25, 0.3) is 0 Å². The fourth-order valence-electron chi connectivity index (χ4n) is 1.35. The second kappa shape index (κ2) is 5.61. The second-order valence-corrected chi connectivity index (χ2v) is 4.29. The van der Waals surface area contributed by atoms with Crippen LogP contribution in [-0.2, 0) is 0 Å². The van der Waals surface area contributed by atoms with Crippen molar-refractivity contribution in [2.75, 3.05) is 12.3 Å². The number of hydrogen-bond acceptors (Lipinski definition) is 2. The lowest BCUT2D eigenvalue weighted by Gasteiger charge is -2.09. The number of carbonyl (C=O) groups is 1. The van der Waals surface area contributed by atoms with Crippen molar-refractivity contribution in [3.05, 3.63) is 29.3 Å². The van der Waals surface area contributed by atoms with E-state index >= 15 is 0 Å². The van der Waals surface area contributed by atoms with Crippen molar-refractivity contribution in [3.63, 3.8) is 0 Å². The van der Waals surface area contributed by atoms with Gasteiger partial charge in [-0.1, -0.05) is 13.8 Å². The highest BCUT2D eigenvalue weighted by molar-refractivity contribution is 5.95. The standard InChI is InChI=1S/C12H16F2N2O/c1-7(2)3-4-16-12(17)9-5-8(13)6-10(15)11(9)14/h5-7H,3-4,15H2,1-2H3,(H,16,17). The van der Waals surface area contributed by atoms with Crippen LogP contribution >= 0.6 is 0 Å². The maximum Gasteiger partial charge on any atom is 0.254 e. The Hall–Kier alpha value is -1.65. The van der Waals surface area contributed by atoms with Gasteiger partial charge in [0.2, 0.25) is 0 Å². The molecule has 0 atom stereocenters. The summed E-state index contributed by atoms with van der Waals surface area (Å²) in [7, 11) is 0. The Labute approximate surface area is 99.0 Å². The van der Waals surface area contributed by atoms with Crippen molar-refractivity contribution in [1.82, 2.24) is 5.32 Å². The van der Waals surface area contributed by atoms with Gasteiger partial charge in [-0.15, -0.1) is 0 Å². The van der Waals surface area contributed by atoms with Crippen molar-refractivity contribution < 1.29 is 13.6 Å². The smallest absolute Gasteiger partial charge is 0.254 e. The molecule has 0 aliphatic carbocycles. The van der Waals surface area contributed by atoms with Gasteiger partial charge in [-0.2, -0.15) is 0 Å². The minimum atomic E-state index is -0.881. The van der Waals surface area contributed by atoms with E-state index in [1.54, 1.807) is 0 Å². The van der Waals surface area contributed by atoms with Crippen molar-refractivity contribution in [2.24, 2.45) is 5.92 Å². The summed E-state index contributed by atoms with van der Waals surface area (Å²) in [4.78, 5) is 11.6. The van der Waals surface area contributed by atoms with E-state index < -0.39 is 17.5 Å². The van der Waals surface area contributed by atoms with Gasteiger partial charge in [-0.3, -0.25) is 4.79 Å². The Balaban J connectivity index is 2.75. The number of benzene rings is 1. The molecule has 3 nitrogen and oxygen atoms in total. The number of hydrogen-bond donors (Lipinski definition) is 2. The molecule has 0 fully saturated rings. The van der Waals surface area contributed by atoms with Crippen molar-refractivity contribution in [3.8, 4) is 0 Å². The molecule has 0 spiro atoms. The summed E-state index contributed by atoms with van der Waals surface area (Å²) >= 11 is 0. The first-order valence-corrected chi connectivity index (χ1v) is 5.44. The summed E-state index contributed by atoms with van der Waals surface area (Å²) < 4.78 is 26.5. The molecule has 0 heterocycles. The van der Waals surface area contributed by atoms with E-state index in [9.17, 15) is 13.6 Å². The number of nitrogens with one attached hydrogen (secondary N) is 1. The molecule has 0 saturated carbocycles. The zero-order valence-electron chi connectivity index (χ0n) is 9.89. The van der Waals surface area contributed by atoms with Crippen molar-refractivity contribution >= 4 is 11.6 Å². The topological polar surface area (TPSA) is 55.1 Å². The first-order chi connectivity index (χ1) is 7.91. The highest BCUT2D eigenvalue weighted by Crippen LogP contribution is 2.17. The molecule has 94 valence electrons. The van der Waals surface area contributed by atoms with Crippen LogP contribution in [0.4, 0.5) is 14.5 Å². The van der Waals surface area contributed by atoms with E-state index in [0.29, 0.717) is 12.5 Å². The van der Waals surface area contributed by atoms with Crippen molar-refractivity contribution in [1.29, 1.82) is 0 Å². The highest BCUT2D eigenvalue weighted by Gasteiger charge is 2.15. The minimum Gasteiger partial charge on any atom is -0.396 e. The number of carbonyl (C=O) groups excluding carboxylic acids is 1. The number of halogens is 2. The molecule has 1 aromatic carbocycles. The van der Waals surface area contributed by atoms with E-state index in [1.807, 2.05) is 13.8 Å². The maximum absolute atomic E-state index is 13.5. The van der Waals surface area contributed by atoms with E-state index in [4.69, 9.17) is 5.73 Å². The first-order valence-electron chi connectivity index (χ1n) is 5.44. The molecule has 0 aromatic heterocycles. The lowest BCUT2D eigenvalue weighted by Crippen LogP contribution is -2.26. The number of nitrogen functional groups attached to an aromatic ring is 1. The Morgan fingerprint density at radius 3 is 2.65 bits per heavy atom. The third-order valence-electron chi connectivity index (χ3n) is 2.32. The fourth-order valence-corrected chi connectivity index (χ4v) is 1.35. The molecule has 0 bridgehead atoms. The molecule has 0 unspecified atom stereocenters. The third-order valence-corrected chi connectivity index (χ3v) is 2.32. The van der Waals surface area contributed by atoms with Crippen LogP contribution in [0.3, 0.4) is 0 Å². The summed E-state index contributed by atoms with van der Waals surface area (Å²) in [5.74, 6) is -1.82. The first kappa shape index (κ1) is 13.4. The van der Waals surface area contributed by atoms with Gasteiger partial charge in [-0.05, 0) is 24.5 Å². The van der Waals surface area contributed by atoms with Gasteiger partial charge < -0.3 is 11.1 Å². The summed E-state index contributed by atoms with van der Waals surface area (Å²) in [6, 6.07) is 1.69. The molecule has 1 amide bonds. The molecule has 0 saturated heterocycles. The Morgan fingerprint density at radius 1 is 1.41 bits per heavy atom. The van der Waals surface area contributed by atoms with Gasteiger partial charge in [0.05, 0.1) is 11.3 Å². The van der Waals surface area contributed by atoms with E-state index in [1.165, 1.54) is 0 Å².